The van der Waals surface area contributed by atoms with Crippen molar-refractivity contribution in [2.75, 3.05) is 45.8 Å². The van der Waals surface area contributed by atoms with Gasteiger partial charge in [0.2, 0.25) is 15.9 Å². The topological polar surface area (TPSA) is 81.2 Å². The number of fused-ring (bicyclic) bond motifs is 4. The second-order valence-electron chi connectivity index (χ2n) is 9.68. The molecule has 0 saturated carbocycles. The van der Waals surface area contributed by atoms with Gasteiger partial charge in [-0.3, -0.25) is 4.79 Å². The van der Waals surface area contributed by atoms with E-state index in [1.54, 1.807) is 4.90 Å². The molecule has 32 heavy (non-hydrogen) atoms. The number of likely N-dealkylation sites (tertiary alicyclic amines) is 1. The monoisotopic (exact) mass is 460 g/mol. The zero-order valence-electron chi connectivity index (χ0n) is 18.4. The summed E-state index contributed by atoms with van der Waals surface area (Å²) >= 11 is 0. The van der Waals surface area contributed by atoms with Crippen LogP contribution in [-0.2, 0) is 20.6 Å². The van der Waals surface area contributed by atoms with Gasteiger partial charge in [-0.25, -0.2) is 13.2 Å². The predicted octanol–water partition coefficient (Wildman–Crippen LogP) is 1.59. The highest BCUT2D eigenvalue weighted by Gasteiger charge is 2.45. The molecule has 9 heteroatoms. The molecule has 4 saturated heterocycles. The number of rotatable bonds is 3. The molecule has 0 radical (unpaired) electrons. The Morgan fingerprint density at radius 1 is 0.969 bits per heavy atom. The van der Waals surface area contributed by atoms with Crippen molar-refractivity contribution in [1.29, 1.82) is 0 Å². The number of urea groups is 1. The molecule has 0 aromatic heterocycles. The lowest BCUT2D eigenvalue weighted by molar-refractivity contribution is -0.144. The number of hydrogen-bond acceptors (Lipinski definition) is 4. The quantitative estimate of drug-likeness (QED) is 0.686. The van der Waals surface area contributed by atoms with Crippen molar-refractivity contribution in [2.24, 2.45) is 11.8 Å². The highest BCUT2D eigenvalue weighted by Crippen LogP contribution is 2.38. The number of carbonyl (C=O) groups is 2. The highest BCUT2D eigenvalue weighted by atomic mass is 32.2. The van der Waals surface area contributed by atoms with Crippen molar-refractivity contribution in [3.05, 3.63) is 35.9 Å². The first-order valence-electron chi connectivity index (χ1n) is 11.8. The lowest BCUT2D eigenvalue weighted by Crippen LogP contribution is -2.63. The molecule has 2 bridgehead atoms. The summed E-state index contributed by atoms with van der Waals surface area (Å²) in [4.78, 5) is 31.4. The minimum absolute atomic E-state index is 0.00607. The van der Waals surface area contributed by atoms with Gasteiger partial charge in [-0.2, -0.15) is 4.31 Å². The molecule has 4 heterocycles. The van der Waals surface area contributed by atoms with Crippen LogP contribution in [0.5, 0.6) is 0 Å². The first-order chi connectivity index (χ1) is 15.4. The highest BCUT2D eigenvalue weighted by molar-refractivity contribution is 7.88. The van der Waals surface area contributed by atoms with Crippen LogP contribution in [0.3, 0.4) is 0 Å². The summed E-state index contributed by atoms with van der Waals surface area (Å²) < 4.78 is 27.1. The Bertz CT molecular complexity index is 961. The molecule has 0 aliphatic carbocycles. The molecule has 0 unspecified atom stereocenters. The standard InChI is InChI=1S/C23H32N4O4S/c28-22-8-4-7-21-20-13-19(15-27(21)22)14-25(16-20)23(29)24-9-11-26(12-10-24)32(30,31)17-18-5-2-1-3-6-18/h1-3,5-6,19-21H,4,7-17H2/t19-,20-,21-/m1/s1. The van der Waals surface area contributed by atoms with Crippen LogP contribution < -0.4 is 0 Å². The molecule has 5 rings (SSSR count). The van der Waals surface area contributed by atoms with E-state index in [-0.39, 0.29) is 23.7 Å². The molecule has 3 amide bonds. The average molecular weight is 461 g/mol. The Morgan fingerprint density at radius 2 is 1.72 bits per heavy atom. The fourth-order valence-electron chi connectivity index (χ4n) is 6.00. The third kappa shape index (κ3) is 4.24. The summed E-state index contributed by atoms with van der Waals surface area (Å²) in [6.45, 7) is 3.70. The van der Waals surface area contributed by atoms with Gasteiger partial charge < -0.3 is 14.7 Å². The Labute approximate surface area is 190 Å². The molecule has 8 nitrogen and oxygen atoms in total. The van der Waals surface area contributed by atoms with E-state index in [9.17, 15) is 18.0 Å². The summed E-state index contributed by atoms with van der Waals surface area (Å²) in [6.07, 6.45) is 3.76. The number of carbonyl (C=O) groups excluding carboxylic acids is 2. The van der Waals surface area contributed by atoms with Gasteiger partial charge in [0.1, 0.15) is 0 Å². The minimum Gasteiger partial charge on any atom is -0.339 e. The molecule has 4 fully saturated rings. The molecule has 0 N–H and O–H groups in total. The minimum atomic E-state index is -3.40. The van der Waals surface area contributed by atoms with Crippen LogP contribution in [0.4, 0.5) is 4.79 Å². The van der Waals surface area contributed by atoms with E-state index in [4.69, 9.17) is 0 Å². The molecule has 1 aromatic carbocycles. The summed E-state index contributed by atoms with van der Waals surface area (Å²) in [5.41, 5.74) is 0.779. The van der Waals surface area contributed by atoms with Gasteiger partial charge in [0.05, 0.1) is 5.75 Å². The van der Waals surface area contributed by atoms with Gasteiger partial charge in [-0.15, -0.1) is 0 Å². The Morgan fingerprint density at radius 3 is 2.47 bits per heavy atom. The van der Waals surface area contributed by atoms with Crippen molar-refractivity contribution in [2.45, 2.75) is 37.5 Å². The first kappa shape index (κ1) is 21.7. The van der Waals surface area contributed by atoms with Gasteiger partial charge in [0.25, 0.3) is 0 Å². The lowest BCUT2D eigenvalue weighted by atomic mass is 9.76. The second-order valence-corrected chi connectivity index (χ2v) is 11.7. The Kier molecular flexibility index (Phi) is 5.88. The van der Waals surface area contributed by atoms with Gasteiger partial charge in [-0.05, 0) is 36.7 Å². The number of nitrogens with zero attached hydrogens (tertiary/aromatic N) is 4. The largest absolute Gasteiger partial charge is 0.339 e. The third-order valence-corrected chi connectivity index (χ3v) is 9.39. The van der Waals surface area contributed by atoms with Crippen molar-refractivity contribution in [3.63, 3.8) is 0 Å². The number of hydrogen-bond donors (Lipinski definition) is 0. The molecule has 3 atom stereocenters. The number of benzene rings is 1. The smallest absolute Gasteiger partial charge is 0.320 e. The zero-order chi connectivity index (χ0) is 22.3. The average Bonchev–Trinajstić information content (AvgIpc) is 2.80. The number of piperazine rings is 1. The fourth-order valence-corrected chi connectivity index (χ4v) is 7.52. The number of piperidine rings is 3. The molecule has 0 spiro atoms. The predicted molar refractivity (Wildman–Crippen MR) is 120 cm³/mol. The van der Waals surface area contributed by atoms with Crippen LogP contribution in [0, 0.1) is 11.8 Å². The van der Waals surface area contributed by atoms with Crippen LogP contribution in [0.15, 0.2) is 30.3 Å². The Hall–Kier alpha value is -2.13. The van der Waals surface area contributed by atoms with Crippen molar-refractivity contribution < 1.29 is 18.0 Å². The van der Waals surface area contributed by atoms with E-state index in [2.05, 4.69) is 4.90 Å². The molecule has 1 aromatic rings. The summed E-state index contributed by atoms with van der Waals surface area (Å²) in [5, 5.41) is 0. The molecular weight excluding hydrogens is 428 g/mol. The number of amides is 3. The van der Waals surface area contributed by atoms with Crippen molar-refractivity contribution in [3.8, 4) is 0 Å². The summed E-state index contributed by atoms with van der Waals surface area (Å²) in [6, 6.07) is 9.52. The van der Waals surface area contributed by atoms with E-state index in [1.165, 1.54) is 4.31 Å². The molecule has 4 aliphatic rings. The number of sulfonamides is 1. The van der Waals surface area contributed by atoms with Crippen LogP contribution in [0.1, 0.15) is 31.2 Å². The van der Waals surface area contributed by atoms with Crippen LogP contribution in [-0.4, -0.2) is 91.2 Å². The molecular formula is C23H32N4O4S. The van der Waals surface area contributed by atoms with E-state index in [1.807, 2.05) is 35.2 Å². The zero-order valence-corrected chi connectivity index (χ0v) is 19.3. The van der Waals surface area contributed by atoms with E-state index in [0.717, 1.165) is 31.4 Å². The fraction of sp³-hybridized carbons (Fsp3) is 0.652. The lowest BCUT2D eigenvalue weighted by Gasteiger charge is -2.53. The van der Waals surface area contributed by atoms with Gasteiger partial charge in [0, 0.05) is 58.3 Å². The van der Waals surface area contributed by atoms with Crippen LogP contribution >= 0.6 is 0 Å². The van der Waals surface area contributed by atoms with Crippen molar-refractivity contribution in [1.82, 2.24) is 19.0 Å². The Balaban J connectivity index is 1.18. The maximum Gasteiger partial charge on any atom is 0.320 e. The summed E-state index contributed by atoms with van der Waals surface area (Å²) in [5.74, 6) is 0.990. The van der Waals surface area contributed by atoms with Crippen LogP contribution in [0.25, 0.3) is 0 Å². The van der Waals surface area contributed by atoms with Crippen LogP contribution in [0.2, 0.25) is 0 Å². The van der Waals surface area contributed by atoms with Gasteiger partial charge >= 0.3 is 6.03 Å². The third-order valence-electron chi connectivity index (χ3n) is 7.54. The van der Waals surface area contributed by atoms with E-state index < -0.39 is 10.0 Å². The van der Waals surface area contributed by atoms with E-state index in [0.29, 0.717) is 57.5 Å². The van der Waals surface area contributed by atoms with Gasteiger partial charge in [0.15, 0.2) is 0 Å². The molecule has 174 valence electrons. The second kappa shape index (κ2) is 8.67. The normalized spacial score (nSPS) is 29.1. The first-order valence-corrected chi connectivity index (χ1v) is 13.4. The van der Waals surface area contributed by atoms with Gasteiger partial charge in [-0.1, -0.05) is 30.3 Å². The molecule has 4 aliphatic heterocycles. The van der Waals surface area contributed by atoms with E-state index >= 15 is 0 Å². The summed E-state index contributed by atoms with van der Waals surface area (Å²) in [7, 11) is -3.40. The SMILES string of the molecule is O=C(N1CCN(S(=O)(=O)Cc2ccccc2)CC1)N1C[C@H]2C[C@H](C1)[C@H]1CCCC(=O)N1C2. The maximum absolute atomic E-state index is 13.3. The maximum atomic E-state index is 13.3. The van der Waals surface area contributed by atoms with Crippen molar-refractivity contribution >= 4 is 22.0 Å².